The van der Waals surface area contributed by atoms with Crippen LogP contribution in [-0.4, -0.2) is 90.0 Å². The molecule has 198 valence electrons. The van der Waals surface area contributed by atoms with Crippen molar-refractivity contribution in [2.45, 2.75) is 82.0 Å². The molecule has 2 aliphatic heterocycles. The molecular formula is C22H40N8O5. The first-order valence-corrected chi connectivity index (χ1v) is 12.4. The van der Waals surface area contributed by atoms with Gasteiger partial charge in [-0.3, -0.25) is 19.4 Å². The van der Waals surface area contributed by atoms with Gasteiger partial charge in [-0.1, -0.05) is 0 Å². The van der Waals surface area contributed by atoms with Crippen LogP contribution < -0.4 is 33.2 Å². The smallest absolute Gasteiger partial charge is 0.326 e. The molecule has 4 unspecified atom stereocenters. The number of nitrogens with two attached hydrogens (primary N) is 3. The molecule has 2 saturated heterocycles. The summed E-state index contributed by atoms with van der Waals surface area (Å²) in [7, 11) is 0. The van der Waals surface area contributed by atoms with E-state index in [4.69, 9.17) is 17.2 Å². The zero-order valence-electron chi connectivity index (χ0n) is 20.2. The number of nitrogens with zero attached hydrogens (tertiary/aromatic N) is 2. The van der Waals surface area contributed by atoms with Gasteiger partial charge in [0.15, 0.2) is 5.96 Å². The highest BCUT2D eigenvalue weighted by Crippen LogP contribution is 2.20. The molecule has 35 heavy (non-hydrogen) atoms. The van der Waals surface area contributed by atoms with Gasteiger partial charge in [0, 0.05) is 13.1 Å². The lowest BCUT2D eigenvalue weighted by molar-refractivity contribution is -0.149. The number of hydrogen-bond donors (Lipinski definition) is 7. The van der Waals surface area contributed by atoms with E-state index in [9.17, 15) is 24.3 Å². The molecule has 10 N–H and O–H groups in total. The van der Waals surface area contributed by atoms with E-state index in [-0.39, 0.29) is 30.9 Å². The molecule has 2 heterocycles. The monoisotopic (exact) mass is 496 g/mol. The molecule has 0 aromatic heterocycles. The second-order valence-electron chi connectivity index (χ2n) is 9.03. The fraction of sp³-hybridized carbons (Fsp3) is 0.773. The summed E-state index contributed by atoms with van der Waals surface area (Å²) in [5.74, 6) is -2.35. The van der Waals surface area contributed by atoms with E-state index in [0.29, 0.717) is 58.0 Å². The molecule has 0 radical (unpaired) electrons. The molecule has 0 saturated carbocycles. The van der Waals surface area contributed by atoms with E-state index in [0.717, 1.165) is 13.0 Å². The number of hydrogen-bond acceptors (Lipinski definition) is 7. The van der Waals surface area contributed by atoms with Gasteiger partial charge in [-0.05, 0) is 70.9 Å². The minimum Gasteiger partial charge on any atom is -0.480 e. The summed E-state index contributed by atoms with van der Waals surface area (Å²) < 4.78 is 0. The van der Waals surface area contributed by atoms with Gasteiger partial charge in [-0.25, -0.2) is 4.79 Å². The second kappa shape index (κ2) is 14.5. The molecule has 2 aliphatic rings. The zero-order valence-corrected chi connectivity index (χ0v) is 20.2. The first-order chi connectivity index (χ1) is 16.7. The third-order valence-corrected chi connectivity index (χ3v) is 6.34. The van der Waals surface area contributed by atoms with Crippen molar-refractivity contribution >= 4 is 29.7 Å². The molecule has 0 aromatic rings. The number of aliphatic carboxylic acids is 1. The van der Waals surface area contributed by atoms with Crippen LogP contribution in [0, 0.1) is 0 Å². The number of unbranched alkanes of at least 4 members (excludes halogenated alkanes) is 1. The average molecular weight is 497 g/mol. The lowest BCUT2D eigenvalue weighted by Crippen LogP contribution is -2.57. The number of rotatable bonds is 14. The maximum atomic E-state index is 13.3. The lowest BCUT2D eigenvalue weighted by atomic mass is 10.0. The molecule has 0 aliphatic carbocycles. The highest BCUT2D eigenvalue weighted by Gasteiger charge is 2.38. The van der Waals surface area contributed by atoms with Gasteiger partial charge in [0.05, 0.1) is 6.04 Å². The van der Waals surface area contributed by atoms with Crippen LogP contribution in [0.2, 0.25) is 0 Å². The van der Waals surface area contributed by atoms with E-state index in [1.807, 2.05) is 0 Å². The summed E-state index contributed by atoms with van der Waals surface area (Å²) >= 11 is 0. The van der Waals surface area contributed by atoms with E-state index < -0.39 is 35.9 Å². The first-order valence-electron chi connectivity index (χ1n) is 12.4. The number of likely N-dealkylation sites (tertiary alicyclic amines) is 1. The first kappa shape index (κ1) is 28.3. The van der Waals surface area contributed by atoms with Crippen molar-refractivity contribution in [1.82, 2.24) is 20.9 Å². The zero-order chi connectivity index (χ0) is 25.8. The average Bonchev–Trinajstić information content (AvgIpc) is 3.52. The van der Waals surface area contributed by atoms with Crippen molar-refractivity contribution < 1.29 is 24.3 Å². The van der Waals surface area contributed by atoms with Crippen molar-refractivity contribution in [2.75, 3.05) is 26.2 Å². The van der Waals surface area contributed by atoms with Gasteiger partial charge >= 0.3 is 5.97 Å². The van der Waals surface area contributed by atoms with Crippen LogP contribution in [-0.2, 0) is 19.2 Å². The van der Waals surface area contributed by atoms with Gasteiger partial charge < -0.3 is 43.2 Å². The number of carbonyl (C=O) groups excluding carboxylic acids is 3. The maximum Gasteiger partial charge on any atom is 0.326 e. The lowest BCUT2D eigenvalue weighted by Gasteiger charge is -2.29. The molecule has 0 spiro atoms. The summed E-state index contributed by atoms with van der Waals surface area (Å²) in [6.45, 7) is 1.77. The predicted molar refractivity (Wildman–Crippen MR) is 130 cm³/mol. The minimum absolute atomic E-state index is 0.0781. The third-order valence-electron chi connectivity index (χ3n) is 6.34. The van der Waals surface area contributed by atoms with Crippen molar-refractivity contribution in [2.24, 2.45) is 22.2 Å². The van der Waals surface area contributed by atoms with E-state index >= 15 is 0 Å². The van der Waals surface area contributed by atoms with Gasteiger partial charge in [0.1, 0.15) is 18.1 Å². The van der Waals surface area contributed by atoms with E-state index in [1.165, 1.54) is 4.90 Å². The Morgan fingerprint density at radius 3 is 2.40 bits per heavy atom. The van der Waals surface area contributed by atoms with Gasteiger partial charge in [-0.2, -0.15) is 0 Å². The van der Waals surface area contributed by atoms with Gasteiger partial charge in [-0.15, -0.1) is 0 Å². The molecule has 0 aromatic carbocycles. The van der Waals surface area contributed by atoms with Crippen molar-refractivity contribution in [3.63, 3.8) is 0 Å². The molecule has 4 atom stereocenters. The Balaban J connectivity index is 2.12. The van der Waals surface area contributed by atoms with Crippen LogP contribution in [0.3, 0.4) is 0 Å². The number of carbonyl (C=O) groups is 4. The summed E-state index contributed by atoms with van der Waals surface area (Å²) in [5, 5.41) is 18.2. The van der Waals surface area contributed by atoms with Crippen molar-refractivity contribution in [3.8, 4) is 0 Å². The molecule has 2 rings (SSSR count). The SMILES string of the molecule is NCCCCC(NC(=O)C1CCCN1)C(=O)NC(CCCN=C(N)N)C(=O)N1CCCC1C(=O)O. The second-order valence-corrected chi connectivity index (χ2v) is 9.03. The Hall–Kier alpha value is -2.93. The van der Waals surface area contributed by atoms with Crippen molar-refractivity contribution in [3.05, 3.63) is 0 Å². The Bertz CT molecular complexity index is 767. The third kappa shape index (κ3) is 8.98. The largest absolute Gasteiger partial charge is 0.480 e. The van der Waals surface area contributed by atoms with Crippen LogP contribution >= 0.6 is 0 Å². The summed E-state index contributed by atoms with van der Waals surface area (Å²) in [6.07, 6.45) is 4.83. The van der Waals surface area contributed by atoms with Crippen molar-refractivity contribution in [1.29, 1.82) is 0 Å². The van der Waals surface area contributed by atoms with Gasteiger partial charge in [0.25, 0.3) is 0 Å². The van der Waals surface area contributed by atoms with Crippen LogP contribution in [0.4, 0.5) is 0 Å². The highest BCUT2D eigenvalue weighted by atomic mass is 16.4. The fourth-order valence-electron chi connectivity index (χ4n) is 4.46. The summed E-state index contributed by atoms with van der Waals surface area (Å²) in [4.78, 5) is 56.0. The van der Waals surface area contributed by atoms with Crippen LogP contribution in [0.15, 0.2) is 4.99 Å². The Morgan fingerprint density at radius 1 is 1.03 bits per heavy atom. The Morgan fingerprint density at radius 2 is 1.77 bits per heavy atom. The molecule has 13 nitrogen and oxygen atoms in total. The van der Waals surface area contributed by atoms with E-state index in [2.05, 4.69) is 20.9 Å². The normalized spacial score (nSPS) is 21.2. The quantitative estimate of drug-likeness (QED) is 0.0799. The Labute approximate surface area is 205 Å². The molecule has 2 fully saturated rings. The van der Waals surface area contributed by atoms with E-state index in [1.54, 1.807) is 0 Å². The topological polar surface area (TPSA) is 218 Å². The number of carboxylic acids is 1. The standard InChI is InChI=1S/C22H40N8O5/c23-10-2-1-6-15(28-18(31)14-7-3-11-26-14)19(32)29-16(8-4-12-27-22(24)25)20(33)30-13-5-9-17(30)21(34)35/h14-17,26H,1-13,23H2,(H,28,31)(H,29,32)(H,34,35)(H4,24,25,27). The van der Waals surface area contributed by atoms with Crippen LogP contribution in [0.1, 0.15) is 57.8 Å². The number of amides is 3. The number of carboxylic acid groups (broad SMARTS) is 1. The van der Waals surface area contributed by atoms with Crippen LogP contribution in [0.25, 0.3) is 0 Å². The fourth-order valence-corrected chi connectivity index (χ4v) is 4.46. The molecular weight excluding hydrogens is 456 g/mol. The maximum absolute atomic E-state index is 13.3. The number of nitrogens with one attached hydrogen (secondary N) is 3. The van der Waals surface area contributed by atoms with Gasteiger partial charge in [0.2, 0.25) is 17.7 Å². The number of aliphatic imine (C=N–C) groups is 1. The molecule has 3 amide bonds. The summed E-state index contributed by atoms with van der Waals surface area (Å²) in [6, 6.07) is -3.07. The predicted octanol–water partition coefficient (Wildman–Crippen LogP) is -2.03. The Kier molecular flexibility index (Phi) is 11.7. The molecule has 0 bridgehead atoms. The number of guanidine groups is 1. The summed E-state index contributed by atoms with van der Waals surface area (Å²) in [5.41, 5.74) is 16.3. The molecule has 13 heteroatoms. The highest BCUT2D eigenvalue weighted by molar-refractivity contribution is 5.94. The minimum atomic E-state index is -1.07. The van der Waals surface area contributed by atoms with Crippen LogP contribution in [0.5, 0.6) is 0 Å².